The summed E-state index contributed by atoms with van der Waals surface area (Å²) < 4.78 is 4.13. The van der Waals surface area contributed by atoms with E-state index >= 15 is 0 Å². The molecule has 3 saturated carbocycles. The number of rotatable bonds is 3. The summed E-state index contributed by atoms with van der Waals surface area (Å²) in [5, 5.41) is 10.2. The first-order chi connectivity index (χ1) is 12.8. The molecule has 0 spiro atoms. The molecule has 3 nitrogen and oxygen atoms in total. The Hall–Kier alpha value is 0.200. The predicted molar refractivity (Wildman–Crippen MR) is 108 cm³/mol. The van der Waals surface area contributed by atoms with Crippen LogP contribution < -0.4 is 0 Å². The highest BCUT2D eigenvalue weighted by Crippen LogP contribution is 2.64. The van der Waals surface area contributed by atoms with E-state index in [-0.39, 0.29) is 11.5 Å². The van der Waals surface area contributed by atoms with E-state index in [0.29, 0.717) is 35.9 Å². The number of hydrogen-bond donors (Lipinski definition) is 1. The highest BCUT2D eigenvalue weighted by atomic mass is 35.6. The number of carbonyl (C=O) groups is 1. The molecule has 0 aromatic heterocycles. The van der Waals surface area contributed by atoms with E-state index in [2.05, 4.69) is 6.92 Å². The van der Waals surface area contributed by atoms with Gasteiger partial charge in [0.25, 0.3) is 0 Å². The fourth-order valence-corrected chi connectivity index (χ4v) is 7.20. The van der Waals surface area contributed by atoms with E-state index in [9.17, 15) is 9.90 Å². The molecule has 3 fully saturated rings. The maximum atomic E-state index is 11.8. The molecule has 27 heavy (non-hydrogen) atoms. The van der Waals surface area contributed by atoms with Crippen molar-refractivity contribution >= 4 is 40.6 Å². The van der Waals surface area contributed by atoms with Gasteiger partial charge in [0.2, 0.25) is 10.1 Å². The second-order valence-electron chi connectivity index (χ2n) is 9.03. The Morgan fingerprint density at radius 2 is 1.96 bits per heavy atom. The van der Waals surface area contributed by atoms with Crippen LogP contribution in [0.25, 0.3) is 0 Å². The van der Waals surface area contributed by atoms with E-state index in [1.807, 2.05) is 6.08 Å². The molecular formula is C21H29Cl3O3. The normalized spacial score (nSPS) is 42.8. The number of halogens is 3. The SMILES string of the molecule is CCC12CC[C@H]3[C@@H](CCC4=CC(=O)CC[C@@H]43)[C@@H]1CC[C@@H]2OC(O)C(Cl)(Cl)Cl. The van der Waals surface area contributed by atoms with Crippen molar-refractivity contribution in [3.8, 4) is 0 Å². The third kappa shape index (κ3) is 3.50. The molecule has 1 N–H and O–H groups in total. The van der Waals surface area contributed by atoms with Crippen molar-refractivity contribution < 1.29 is 14.6 Å². The molecule has 0 saturated heterocycles. The van der Waals surface area contributed by atoms with Crippen LogP contribution in [0, 0.1) is 29.1 Å². The number of carbonyl (C=O) groups excluding carboxylic acids is 1. The van der Waals surface area contributed by atoms with Crippen molar-refractivity contribution in [2.45, 2.75) is 80.9 Å². The van der Waals surface area contributed by atoms with Gasteiger partial charge in [-0.3, -0.25) is 4.79 Å². The van der Waals surface area contributed by atoms with Crippen LogP contribution in [-0.4, -0.2) is 27.1 Å². The summed E-state index contributed by atoms with van der Waals surface area (Å²) in [5.74, 6) is 2.90. The molecule has 0 aliphatic heterocycles. The molecule has 0 bridgehead atoms. The zero-order valence-corrected chi connectivity index (χ0v) is 18.1. The van der Waals surface area contributed by atoms with Crippen LogP contribution in [0.3, 0.4) is 0 Å². The Balaban J connectivity index is 1.55. The number of hydrogen-bond acceptors (Lipinski definition) is 3. The summed E-state index contributed by atoms with van der Waals surface area (Å²) in [6, 6.07) is 0. The smallest absolute Gasteiger partial charge is 0.240 e. The second kappa shape index (κ2) is 7.47. The maximum Gasteiger partial charge on any atom is 0.240 e. The van der Waals surface area contributed by atoms with E-state index in [4.69, 9.17) is 39.5 Å². The minimum Gasteiger partial charge on any atom is -0.365 e. The van der Waals surface area contributed by atoms with E-state index in [1.165, 1.54) is 18.4 Å². The Labute approximate surface area is 176 Å². The van der Waals surface area contributed by atoms with Crippen LogP contribution in [0.15, 0.2) is 11.6 Å². The molecule has 152 valence electrons. The highest BCUT2D eigenvalue weighted by Gasteiger charge is 2.58. The molecule has 7 atom stereocenters. The van der Waals surface area contributed by atoms with Crippen molar-refractivity contribution in [1.29, 1.82) is 0 Å². The molecule has 0 aromatic rings. The third-order valence-corrected chi connectivity index (χ3v) is 8.73. The molecule has 0 radical (unpaired) electrons. The first kappa shape index (κ1) is 20.5. The number of fused-ring (bicyclic) bond motifs is 5. The van der Waals surface area contributed by atoms with Crippen molar-refractivity contribution in [2.75, 3.05) is 0 Å². The summed E-state index contributed by atoms with van der Waals surface area (Å²) in [7, 11) is 0. The Kier molecular flexibility index (Phi) is 5.66. The first-order valence-electron chi connectivity index (χ1n) is 10.4. The van der Waals surface area contributed by atoms with Crippen LogP contribution in [-0.2, 0) is 9.53 Å². The summed E-state index contributed by atoms with van der Waals surface area (Å²) in [6.07, 6.45) is 9.84. The van der Waals surface area contributed by atoms with Gasteiger partial charge < -0.3 is 9.84 Å². The average Bonchev–Trinajstić information content (AvgIpc) is 2.99. The number of ether oxygens (including phenoxy) is 1. The van der Waals surface area contributed by atoms with Crippen LogP contribution in [0.5, 0.6) is 0 Å². The first-order valence-corrected chi connectivity index (χ1v) is 11.5. The summed E-state index contributed by atoms with van der Waals surface area (Å²) in [6.45, 7) is 2.24. The van der Waals surface area contributed by atoms with Crippen LogP contribution in [0.2, 0.25) is 0 Å². The topological polar surface area (TPSA) is 46.5 Å². The van der Waals surface area contributed by atoms with Gasteiger partial charge in [-0.15, -0.1) is 0 Å². The van der Waals surface area contributed by atoms with Crippen molar-refractivity contribution in [2.24, 2.45) is 29.1 Å². The number of aliphatic hydroxyl groups is 1. The molecule has 0 aromatic carbocycles. The Morgan fingerprint density at radius 1 is 1.19 bits per heavy atom. The molecule has 0 amide bonds. The molecular weight excluding hydrogens is 407 g/mol. The Morgan fingerprint density at radius 3 is 2.67 bits per heavy atom. The van der Waals surface area contributed by atoms with Gasteiger partial charge in [-0.1, -0.05) is 47.3 Å². The van der Waals surface area contributed by atoms with E-state index < -0.39 is 10.1 Å². The van der Waals surface area contributed by atoms with Crippen LogP contribution in [0.1, 0.15) is 64.7 Å². The van der Waals surface area contributed by atoms with Crippen molar-refractivity contribution in [3.05, 3.63) is 11.6 Å². The number of aliphatic hydroxyl groups excluding tert-OH is 1. The average molecular weight is 436 g/mol. The van der Waals surface area contributed by atoms with Gasteiger partial charge in [0.05, 0.1) is 6.10 Å². The number of alkyl halides is 3. The largest absolute Gasteiger partial charge is 0.365 e. The fourth-order valence-electron chi connectivity index (χ4n) is 7.05. The lowest BCUT2D eigenvalue weighted by Gasteiger charge is -2.55. The van der Waals surface area contributed by atoms with Crippen LogP contribution in [0.4, 0.5) is 0 Å². The summed E-state index contributed by atoms with van der Waals surface area (Å²) >= 11 is 17.5. The maximum absolute atomic E-state index is 11.8. The lowest BCUT2D eigenvalue weighted by Crippen LogP contribution is -2.50. The fraction of sp³-hybridized carbons (Fsp3) is 0.857. The zero-order valence-electron chi connectivity index (χ0n) is 15.8. The zero-order chi connectivity index (χ0) is 19.4. The van der Waals surface area contributed by atoms with E-state index in [1.54, 1.807) is 0 Å². The number of ketones is 1. The van der Waals surface area contributed by atoms with Crippen molar-refractivity contribution in [3.63, 3.8) is 0 Å². The second-order valence-corrected chi connectivity index (χ2v) is 11.4. The minimum atomic E-state index is -1.82. The highest BCUT2D eigenvalue weighted by molar-refractivity contribution is 6.67. The lowest BCUT2D eigenvalue weighted by atomic mass is 9.51. The quantitative estimate of drug-likeness (QED) is 0.464. The monoisotopic (exact) mass is 434 g/mol. The van der Waals surface area contributed by atoms with Gasteiger partial charge in [-0.05, 0) is 86.5 Å². The van der Waals surface area contributed by atoms with Gasteiger partial charge in [0, 0.05) is 6.42 Å². The van der Waals surface area contributed by atoms with Gasteiger partial charge in [-0.2, -0.15) is 0 Å². The lowest BCUT2D eigenvalue weighted by molar-refractivity contribution is -0.180. The molecule has 0 heterocycles. The summed E-state index contributed by atoms with van der Waals surface area (Å²) in [5.41, 5.74) is 1.48. The third-order valence-electron chi connectivity index (χ3n) is 8.17. The molecule has 2 unspecified atom stereocenters. The molecule has 4 rings (SSSR count). The van der Waals surface area contributed by atoms with Gasteiger partial charge in [-0.25, -0.2) is 0 Å². The molecule has 4 aliphatic carbocycles. The van der Waals surface area contributed by atoms with Crippen LogP contribution >= 0.6 is 34.8 Å². The molecule has 6 heteroatoms. The van der Waals surface area contributed by atoms with E-state index in [0.717, 1.165) is 38.5 Å². The van der Waals surface area contributed by atoms with Gasteiger partial charge in [0.1, 0.15) is 0 Å². The standard InChI is InChI=1S/C21H29Cl3O3/c1-2-20-10-9-15-14-6-4-13(25)11-12(14)3-5-16(15)17(20)7-8-18(20)27-19(26)21(22,23)24/h11,14-19,26H,2-10H2,1H3/t14-,15+,16+,17-,18-,19?,20?/m0/s1. The van der Waals surface area contributed by atoms with Crippen molar-refractivity contribution in [1.82, 2.24) is 0 Å². The minimum absolute atomic E-state index is 0.0519. The van der Waals surface area contributed by atoms with Gasteiger partial charge in [0.15, 0.2) is 5.78 Å². The molecule has 4 aliphatic rings. The number of allylic oxidation sites excluding steroid dienone is 1. The Bertz CT molecular complexity index is 629. The van der Waals surface area contributed by atoms with Gasteiger partial charge >= 0.3 is 0 Å². The predicted octanol–water partition coefficient (Wildman–Crippen LogP) is 5.59. The summed E-state index contributed by atoms with van der Waals surface area (Å²) in [4.78, 5) is 11.8.